The topological polar surface area (TPSA) is 94.8 Å². The minimum absolute atomic E-state index is 0.0204. The number of ketones is 1. The summed E-state index contributed by atoms with van der Waals surface area (Å²) in [5.74, 6) is -1.22. The van der Waals surface area contributed by atoms with Gasteiger partial charge in [0.25, 0.3) is 5.97 Å². The number of aliphatic carboxylic acids is 1. The predicted molar refractivity (Wildman–Crippen MR) is 53.1 cm³/mol. The van der Waals surface area contributed by atoms with Crippen LogP contribution in [0.25, 0.3) is 0 Å². The summed E-state index contributed by atoms with van der Waals surface area (Å²) in [6.07, 6.45) is 0. The highest BCUT2D eigenvalue weighted by molar-refractivity contribution is 5.97. The molecule has 1 aromatic rings. The summed E-state index contributed by atoms with van der Waals surface area (Å²) in [5.41, 5.74) is 0.144. The molecule has 0 unspecified atom stereocenters. The molecule has 0 saturated heterocycles. The molecular weight excluding hydrogens is 200 g/mol. The van der Waals surface area contributed by atoms with Gasteiger partial charge in [0.05, 0.1) is 5.56 Å². The fourth-order valence-electron chi connectivity index (χ4n) is 0.806. The average Bonchev–Trinajstić information content (AvgIpc) is 2.08. The van der Waals surface area contributed by atoms with E-state index in [-0.39, 0.29) is 22.8 Å². The smallest absolute Gasteiger partial charge is 0.300 e. The van der Waals surface area contributed by atoms with Crippen LogP contribution >= 0.6 is 0 Å². The van der Waals surface area contributed by atoms with Crippen molar-refractivity contribution in [3.63, 3.8) is 0 Å². The first-order valence-corrected chi connectivity index (χ1v) is 4.07. The van der Waals surface area contributed by atoms with Gasteiger partial charge in [-0.3, -0.25) is 9.59 Å². The third kappa shape index (κ3) is 5.30. The van der Waals surface area contributed by atoms with Crippen molar-refractivity contribution in [3.8, 4) is 11.5 Å². The summed E-state index contributed by atoms with van der Waals surface area (Å²) >= 11 is 0. The molecule has 0 heterocycles. The van der Waals surface area contributed by atoms with Crippen LogP contribution in [0.5, 0.6) is 11.5 Å². The molecule has 15 heavy (non-hydrogen) atoms. The van der Waals surface area contributed by atoms with Gasteiger partial charge < -0.3 is 15.3 Å². The number of aromatic hydroxyl groups is 2. The highest BCUT2D eigenvalue weighted by Crippen LogP contribution is 2.21. The number of carboxylic acid groups (broad SMARTS) is 1. The number of carbonyl (C=O) groups excluding carboxylic acids is 1. The number of benzene rings is 1. The molecule has 0 saturated carbocycles. The van der Waals surface area contributed by atoms with Crippen molar-refractivity contribution in [1.82, 2.24) is 0 Å². The van der Waals surface area contributed by atoms with Gasteiger partial charge >= 0.3 is 0 Å². The molecule has 5 heteroatoms. The van der Waals surface area contributed by atoms with Crippen LogP contribution < -0.4 is 0 Å². The Morgan fingerprint density at radius 2 is 1.60 bits per heavy atom. The summed E-state index contributed by atoms with van der Waals surface area (Å²) < 4.78 is 0. The molecule has 0 aromatic heterocycles. The molecule has 0 fully saturated rings. The van der Waals surface area contributed by atoms with Gasteiger partial charge in [-0.1, -0.05) is 0 Å². The van der Waals surface area contributed by atoms with Gasteiger partial charge in [-0.15, -0.1) is 0 Å². The first kappa shape index (κ1) is 13.0. The van der Waals surface area contributed by atoms with Crippen molar-refractivity contribution >= 4 is 11.8 Å². The van der Waals surface area contributed by atoms with E-state index >= 15 is 0 Å². The number of carbonyl (C=O) groups is 2. The molecular formula is C10H12O5. The summed E-state index contributed by atoms with van der Waals surface area (Å²) in [5, 5.41) is 25.4. The fraction of sp³-hybridized carbons (Fsp3) is 0.200. The van der Waals surface area contributed by atoms with E-state index in [1.165, 1.54) is 25.1 Å². The van der Waals surface area contributed by atoms with E-state index in [1.54, 1.807) is 0 Å². The number of carboxylic acids is 1. The van der Waals surface area contributed by atoms with Crippen LogP contribution in [-0.4, -0.2) is 27.1 Å². The van der Waals surface area contributed by atoms with Crippen LogP contribution in [0.15, 0.2) is 18.2 Å². The van der Waals surface area contributed by atoms with Crippen molar-refractivity contribution in [2.75, 3.05) is 0 Å². The summed E-state index contributed by atoms with van der Waals surface area (Å²) in [6, 6.07) is 3.84. The van der Waals surface area contributed by atoms with Gasteiger partial charge in [0.1, 0.15) is 11.5 Å². The molecule has 0 spiro atoms. The maximum atomic E-state index is 10.7. The lowest BCUT2D eigenvalue weighted by Gasteiger charge is -1.99. The van der Waals surface area contributed by atoms with Crippen LogP contribution in [0.4, 0.5) is 0 Å². The van der Waals surface area contributed by atoms with E-state index in [1.807, 2.05) is 0 Å². The van der Waals surface area contributed by atoms with Gasteiger partial charge in [-0.2, -0.15) is 0 Å². The van der Waals surface area contributed by atoms with Crippen molar-refractivity contribution in [1.29, 1.82) is 0 Å². The SMILES string of the molecule is CC(=O)O.CC(=O)c1cc(O)ccc1O. The second kappa shape index (κ2) is 5.64. The Hall–Kier alpha value is -2.04. The van der Waals surface area contributed by atoms with Gasteiger partial charge in [-0.05, 0) is 25.1 Å². The molecule has 1 aromatic carbocycles. The second-order valence-corrected chi connectivity index (χ2v) is 2.78. The zero-order valence-electron chi connectivity index (χ0n) is 8.39. The molecule has 3 N–H and O–H groups in total. The van der Waals surface area contributed by atoms with E-state index in [4.69, 9.17) is 20.1 Å². The molecule has 0 amide bonds. The molecule has 0 bridgehead atoms. The minimum Gasteiger partial charge on any atom is -0.508 e. The van der Waals surface area contributed by atoms with Crippen LogP contribution in [0.2, 0.25) is 0 Å². The number of hydrogen-bond acceptors (Lipinski definition) is 4. The molecule has 5 nitrogen and oxygen atoms in total. The summed E-state index contributed by atoms with van der Waals surface area (Å²) in [7, 11) is 0. The number of rotatable bonds is 1. The summed E-state index contributed by atoms with van der Waals surface area (Å²) in [4.78, 5) is 19.7. The third-order valence-corrected chi connectivity index (χ3v) is 1.36. The molecule has 0 aliphatic heterocycles. The molecule has 1 rings (SSSR count). The number of phenols is 2. The number of Topliss-reactive ketones (excluding diaryl/α,β-unsaturated/α-hetero) is 1. The summed E-state index contributed by atoms with van der Waals surface area (Å²) in [6.45, 7) is 2.41. The van der Waals surface area contributed by atoms with Crippen LogP contribution in [0.3, 0.4) is 0 Å². The Bertz CT molecular complexity index is 366. The first-order chi connectivity index (χ1) is 6.84. The monoisotopic (exact) mass is 212 g/mol. The van der Waals surface area contributed by atoms with Gasteiger partial charge in [0.2, 0.25) is 0 Å². The molecule has 0 radical (unpaired) electrons. The van der Waals surface area contributed by atoms with Gasteiger partial charge in [-0.25, -0.2) is 0 Å². The molecule has 0 aliphatic rings. The zero-order valence-corrected chi connectivity index (χ0v) is 8.39. The lowest BCUT2D eigenvalue weighted by molar-refractivity contribution is -0.134. The number of hydrogen-bond donors (Lipinski definition) is 3. The normalized spacial score (nSPS) is 8.67. The van der Waals surface area contributed by atoms with E-state index in [0.29, 0.717) is 0 Å². The largest absolute Gasteiger partial charge is 0.508 e. The fourth-order valence-corrected chi connectivity index (χ4v) is 0.806. The number of phenolic OH excluding ortho intramolecular Hbond substituents is 2. The molecule has 0 aliphatic carbocycles. The Balaban J connectivity index is 0.000000423. The quantitative estimate of drug-likeness (QED) is 0.483. The van der Waals surface area contributed by atoms with E-state index in [9.17, 15) is 4.79 Å². The Labute approximate surface area is 86.6 Å². The van der Waals surface area contributed by atoms with Crippen LogP contribution in [0.1, 0.15) is 24.2 Å². The lowest BCUT2D eigenvalue weighted by atomic mass is 10.1. The maximum Gasteiger partial charge on any atom is 0.300 e. The third-order valence-electron chi connectivity index (χ3n) is 1.36. The molecule has 0 atom stereocenters. The van der Waals surface area contributed by atoms with E-state index in [2.05, 4.69) is 0 Å². The molecule has 82 valence electrons. The van der Waals surface area contributed by atoms with E-state index in [0.717, 1.165) is 6.92 Å². The zero-order chi connectivity index (χ0) is 12.0. The standard InChI is InChI=1S/C8H8O3.C2H4O2/c1-5(9)7-4-6(10)2-3-8(7)11;1-2(3)4/h2-4,10-11H,1H3;1H3,(H,3,4). The predicted octanol–water partition coefficient (Wildman–Crippen LogP) is 1.39. The Morgan fingerprint density at radius 3 is 1.93 bits per heavy atom. The van der Waals surface area contributed by atoms with Gasteiger partial charge in [0.15, 0.2) is 5.78 Å². The lowest BCUT2D eigenvalue weighted by Crippen LogP contribution is -1.91. The highest BCUT2D eigenvalue weighted by Gasteiger charge is 2.05. The second-order valence-electron chi connectivity index (χ2n) is 2.78. The first-order valence-electron chi connectivity index (χ1n) is 4.07. The van der Waals surface area contributed by atoms with Gasteiger partial charge in [0, 0.05) is 6.92 Å². The van der Waals surface area contributed by atoms with Crippen molar-refractivity contribution in [2.45, 2.75) is 13.8 Å². The highest BCUT2D eigenvalue weighted by atomic mass is 16.4. The Kier molecular flexibility index (Phi) is 4.87. The van der Waals surface area contributed by atoms with Crippen molar-refractivity contribution in [3.05, 3.63) is 23.8 Å². The van der Waals surface area contributed by atoms with Crippen molar-refractivity contribution in [2.24, 2.45) is 0 Å². The van der Waals surface area contributed by atoms with E-state index < -0.39 is 5.97 Å². The van der Waals surface area contributed by atoms with Crippen LogP contribution in [-0.2, 0) is 4.79 Å². The van der Waals surface area contributed by atoms with Crippen molar-refractivity contribution < 1.29 is 24.9 Å². The van der Waals surface area contributed by atoms with Crippen LogP contribution in [0, 0.1) is 0 Å². The minimum atomic E-state index is -0.833. The average molecular weight is 212 g/mol. The Morgan fingerprint density at radius 1 is 1.13 bits per heavy atom. The maximum absolute atomic E-state index is 10.7.